The van der Waals surface area contributed by atoms with Crippen molar-refractivity contribution < 1.29 is 50.0 Å². The summed E-state index contributed by atoms with van der Waals surface area (Å²) in [6, 6.07) is -1.19. The number of aliphatic hydroxyl groups excluding tert-OH is 7. The average Bonchev–Trinajstić information content (AvgIpc) is 3.31. The van der Waals surface area contributed by atoms with Gasteiger partial charge in [-0.1, -0.05) is 192 Å². The van der Waals surface area contributed by atoms with Crippen molar-refractivity contribution in [1.29, 1.82) is 0 Å². The summed E-state index contributed by atoms with van der Waals surface area (Å²) in [5, 5.41) is 75.9. The first-order valence-electron chi connectivity index (χ1n) is 26.9. The first-order chi connectivity index (χ1) is 31.7. The number of rotatable bonds is 45. The first kappa shape index (κ1) is 61.3. The Hall–Kier alpha value is -1.67. The molecule has 0 spiro atoms. The quantitative estimate of drug-likeness (QED) is 0.0216. The van der Waals surface area contributed by atoms with Crippen LogP contribution in [0.15, 0.2) is 36.5 Å². The van der Waals surface area contributed by atoms with Crippen LogP contribution < -0.4 is 5.32 Å². The van der Waals surface area contributed by atoms with Crippen LogP contribution in [-0.4, -0.2) is 110 Å². The highest BCUT2D eigenvalue weighted by atomic mass is 16.7. The molecule has 1 saturated heterocycles. The molecule has 0 aliphatic carbocycles. The van der Waals surface area contributed by atoms with E-state index in [0.29, 0.717) is 19.3 Å². The van der Waals surface area contributed by atoms with E-state index in [1.807, 2.05) is 0 Å². The zero-order valence-corrected chi connectivity index (χ0v) is 41.5. The van der Waals surface area contributed by atoms with Crippen LogP contribution in [0.4, 0.5) is 0 Å². The van der Waals surface area contributed by atoms with Crippen LogP contribution in [0.3, 0.4) is 0 Å². The lowest BCUT2D eigenvalue weighted by Gasteiger charge is -2.40. The van der Waals surface area contributed by atoms with E-state index in [0.717, 1.165) is 57.8 Å². The second-order valence-electron chi connectivity index (χ2n) is 18.9. The minimum absolute atomic E-state index is 0.244. The summed E-state index contributed by atoms with van der Waals surface area (Å²) in [6.45, 7) is 3.44. The summed E-state index contributed by atoms with van der Waals surface area (Å²) in [6.07, 6.45) is 40.5. The van der Waals surface area contributed by atoms with Gasteiger partial charge in [-0.15, -0.1) is 0 Å². The number of unbranched alkanes of at least 4 members (excludes halogenated alkanes) is 27. The molecule has 0 saturated carbocycles. The van der Waals surface area contributed by atoms with Crippen LogP contribution in [0, 0.1) is 0 Å². The second-order valence-corrected chi connectivity index (χ2v) is 18.9. The van der Waals surface area contributed by atoms with Gasteiger partial charge >= 0.3 is 0 Å². The molecular weight excluding hydrogens is 823 g/mol. The monoisotopic (exact) mass is 924 g/mol. The molecule has 8 N–H and O–H groups in total. The minimum Gasteiger partial charge on any atom is -0.394 e. The lowest BCUT2D eigenvalue weighted by Crippen LogP contribution is -2.60. The van der Waals surface area contributed by atoms with Gasteiger partial charge in [-0.05, 0) is 77.0 Å². The summed E-state index contributed by atoms with van der Waals surface area (Å²) >= 11 is 0. The lowest BCUT2D eigenvalue weighted by molar-refractivity contribution is -0.303. The van der Waals surface area contributed by atoms with E-state index in [-0.39, 0.29) is 12.8 Å². The number of aliphatic hydroxyl groups is 7. The Kier molecular flexibility index (Phi) is 41.1. The molecule has 0 bridgehead atoms. The Balaban J connectivity index is 2.41. The normalized spacial score (nSPS) is 21.2. The Morgan fingerprint density at radius 1 is 0.523 bits per heavy atom. The van der Waals surface area contributed by atoms with Crippen LogP contribution in [-0.2, 0) is 14.3 Å². The molecule has 65 heavy (non-hydrogen) atoms. The highest BCUT2D eigenvalue weighted by molar-refractivity contribution is 5.80. The molecule has 382 valence electrons. The summed E-state index contributed by atoms with van der Waals surface area (Å²) in [5.41, 5.74) is 0. The zero-order chi connectivity index (χ0) is 47.6. The fourth-order valence-electron chi connectivity index (χ4n) is 8.45. The molecule has 1 rings (SSSR count). The number of ether oxygens (including phenoxy) is 2. The van der Waals surface area contributed by atoms with E-state index in [9.17, 15) is 40.5 Å². The predicted molar refractivity (Wildman–Crippen MR) is 265 cm³/mol. The predicted octanol–water partition coefficient (Wildman–Crippen LogP) is 10.3. The topological polar surface area (TPSA) is 189 Å². The van der Waals surface area contributed by atoms with Crippen LogP contribution in [0.5, 0.6) is 0 Å². The summed E-state index contributed by atoms with van der Waals surface area (Å²) in [5.74, 6) is -0.715. The van der Waals surface area contributed by atoms with Gasteiger partial charge in [0.05, 0.1) is 25.4 Å². The van der Waals surface area contributed by atoms with E-state index in [2.05, 4.69) is 55.6 Å². The molecule has 11 heteroatoms. The van der Waals surface area contributed by atoms with Gasteiger partial charge in [-0.3, -0.25) is 4.79 Å². The van der Waals surface area contributed by atoms with E-state index in [1.165, 1.54) is 128 Å². The van der Waals surface area contributed by atoms with Crippen molar-refractivity contribution >= 4 is 5.91 Å². The average molecular weight is 924 g/mol. The third-order valence-electron chi connectivity index (χ3n) is 12.9. The van der Waals surface area contributed by atoms with Crippen molar-refractivity contribution in [2.45, 2.75) is 287 Å². The highest BCUT2D eigenvalue weighted by Crippen LogP contribution is 2.23. The lowest BCUT2D eigenvalue weighted by atomic mass is 9.98. The van der Waals surface area contributed by atoms with Gasteiger partial charge in [0.25, 0.3) is 0 Å². The first-order valence-corrected chi connectivity index (χ1v) is 26.9. The number of allylic oxidation sites excluding steroid dienone is 6. The molecule has 0 aromatic rings. The molecular formula is C54H101NO10. The summed E-state index contributed by atoms with van der Waals surface area (Å²) in [7, 11) is 0. The van der Waals surface area contributed by atoms with Crippen LogP contribution in [0.25, 0.3) is 0 Å². The van der Waals surface area contributed by atoms with Crippen LogP contribution >= 0.6 is 0 Å². The number of nitrogens with one attached hydrogen (secondary N) is 1. The second kappa shape index (κ2) is 43.6. The van der Waals surface area contributed by atoms with Gasteiger partial charge < -0.3 is 50.5 Å². The minimum atomic E-state index is -1.67. The number of amides is 1. The van der Waals surface area contributed by atoms with Crippen molar-refractivity contribution in [1.82, 2.24) is 5.32 Å². The maximum Gasteiger partial charge on any atom is 0.249 e. The summed E-state index contributed by atoms with van der Waals surface area (Å²) in [4.78, 5) is 13.1. The molecule has 1 amide bonds. The van der Waals surface area contributed by atoms with Crippen molar-refractivity contribution in [3.8, 4) is 0 Å². The molecule has 1 fully saturated rings. The van der Waals surface area contributed by atoms with Crippen molar-refractivity contribution in [2.75, 3.05) is 13.2 Å². The Morgan fingerprint density at radius 3 is 1.37 bits per heavy atom. The number of carbonyl (C=O) groups excluding carboxylic acids is 1. The van der Waals surface area contributed by atoms with Gasteiger partial charge in [-0.25, -0.2) is 0 Å². The van der Waals surface area contributed by atoms with Gasteiger partial charge in [0.1, 0.15) is 36.6 Å². The largest absolute Gasteiger partial charge is 0.394 e. The van der Waals surface area contributed by atoms with E-state index < -0.39 is 74.2 Å². The Bertz CT molecular complexity index is 1150. The van der Waals surface area contributed by atoms with Gasteiger partial charge in [0.15, 0.2) is 6.29 Å². The number of hydrogen-bond donors (Lipinski definition) is 8. The molecule has 0 aromatic carbocycles. The Morgan fingerprint density at radius 2 is 0.923 bits per heavy atom. The maximum atomic E-state index is 13.1. The molecule has 11 nitrogen and oxygen atoms in total. The molecule has 0 aromatic heterocycles. The zero-order valence-electron chi connectivity index (χ0n) is 41.5. The number of carbonyl (C=O) groups is 1. The van der Waals surface area contributed by atoms with E-state index in [1.54, 1.807) is 0 Å². The molecule has 9 unspecified atom stereocenters. The van der Waals surface area contributed by atoms with Crippen LogP contribution in [0.2, 0.25) is 0 Å². The van der Waals surface area contributed by atoms with Gasteiger partial charge in [0.2, 0.25) is 5.91 Å². The fourth-order valence-corrected chi connectivity index (χ4v) is 8.45. The van der Waals surface area contributed by atoms with E-state index in [4.69, 9.17) is 9.47 Å². The van der Waals surface area contributed by atoms with E-state index >= 15 is 0 Å². The van der Waals surface area contributed by atoms with Crippen LogP contribution in [0.1, 0.15) is 232 Å². The molecule has 1 aliphatic rings. The third-order valence-corrected chi connectivity index (χ3v) is 12.9. The molecule has 1 aliphatic heterocycles. The molecule has 9 atom stereocenters. The number of hydrogen-bond acceptors (Lipinski definition) is 10. The van der Waals surface area contributed by atoms with Crippen molar-refractivity contribution in [2.24, 2.45) is 0 Å². The Labute approximate surface area is 397 Å². The highest BCUT2D eigenvalue weighted by Gasteiger charge is 2.44. The van der Waals surface area contributed by atoms with Gasteiger partial charge in [-0.2, -0.15) is 0 Å². The fraction of sp³-hybridized carbons (Fsp3) is 0.870. The van der Waals surface area contributed by atoms with Crippen molar-refractivity contribution in [3.05, 3.63) is 36.5 Å². The SMILES string of the molecule is CCCCCCCCCC/C=C\CCCCCCCCC(O)C(=O)NC(COC1OC(CO)C(O)C(O)C1O)C(O)C(O)CCC/C=C/CC/C=C/CCCCCCCCCCCCC. The molecule has 1 heterocycles. The standard InChI is InChI=1S/C54H101NO10/c1-3-5-7-9-11-13-15-17-19-21-23-24-26-27-29-31-33-35-37-39-41-46(57)49(59)45(44-64-54-52(62)51(61)50(60)48(43-56)65-54)55-53(63)47(58)42-40-38-36-34-32-30-28-25-22-20-18-16-14-12-10-8-6-4-2/h22,25-27,33,35,45-52,54,56-62H,3-21,23-24,28-32,34,36-44H2,1-2H3,(H,55,63)/b25-22-,27-26+,35-33+. The molecule has 0 radical (unpaired) electrons. The summed E-state index contributed by atoms with van der Waals surface area (Å²) < 4.78 is 11.1. The van der Waals surface area contributed by atoms with Gasteiger partial charge in [0, 0.05) is 0 Å². The smallest absolute Gasteiger partial charge is 0.249 e. The maximum absolute atomic E-state index is 13.1. The third kappa shape index (κ3) is 32.7. The van der Waals surface area contributed by atoms with Crippen molar-refractivity contribution in [3.63, 3.8) is 0 Å².